The van der Waals surface area contributed by atoms with E-state index in [-0.39, 0.29) is 6.61 Å². The topological polar surface area (TPSA) is 60.4 Å². The third kappa shape index (κ3) is 2.90. The summed E-state index contributed by atoms with van der Waals surface area (Å²) < 4.78 is 13.0. The number of hydrogen-bond donors (Lipinski definition) is 1. The summed E-state index contributed by atoms with van der Waals surface area (Å²) in [5, 5.41) is 15.0. The van der Waals surface area contributed by atoms with Crippen LogP contribution in [0.2, 0.25) is 0 Å². The minimum absolute atomic E-state index is 0.133. The van der Waals surface area contributed by atoms with Crippen LogP contribution < -0.4 is 4.74 Å². The zero-order valence-corrected chi connectivity index (χ0v) is 13.8. The van der Waals surface area contributed by atoms with E-state index in [0.29, 0.717) is 18.1 Å². The number of aliphatic hydroxyl groups excluding tert-OH is 1. The van der Waals surface area contributed by atoms with Gasteiger partial charge in [0.15, 0.2) is 5.76 Å². The monoisotopic (exact) mass is 334 g/mol. The predicted molar refractivity (Wildman–Crippen MR) is 95.5 cm³/mol. The van der Waals surface area contributed by atoms with Crippen LogP contribution in [0.1, 0.15) is 11.3 Å². The van der Waals surface area contributed by atoms with Gasteiger partial charge in [0, 0.05) is 5.39 Å². The van der Waals surface area contributed by atoms with E-state index in [0.717, 1.165) is 22.3 Å². The van der Waals surface area contributed by atoms with E-state index >= 15 is 0 Å². The largest absolute Gasteiger partial charge is 0.497 e. The Hall–Kier alpha value is -3.05. The lowest BCUT2D eigenvalue weighted by atomic mass is 10.1. The summed E-state index contributed by atoms with van der Waals surface area (Å²) in [6.07, 6.45) is 0. The van der Waals surface area contributed by atoms with Gasteiger partial charge in [0.1, 0.15) is 23.8 Å². The van der Waals surface area contributed by atoms with E-state index < -0.39 is 0 Å². The molecule has 0 bridgehead atoms. The number of hydrogen-bond acceptors (Lipinski definition) is 4. The lowest BCUT2D eigenvalue weighted by Gasteiger charge is -2.04. The van der Waals surface area contributed by atoms with Crippen LogP contribution >= 0.6 is 0 Å². The van der Waals surface area contributed by atoms with E-state index in [2.05, 4.69) is 12.1 Å². The molecule has 0 saturated carbocycles. The van der Waals surface area contributed by atoms with Gasteiger partial charge in [-0.25, -0.2) is 0 Å². The SMILES string of the molecule is COc1ccc2c(c1)c(-c1ccc(CO)o1)nn2Cc1ccccc1. The Balaban J connectivity index is 1.86. The van der Waals surface area contributed by atoms with Crippen molar-refractivity contribution in [3.8, 4) is 17.2 Å². The van der Waals surface area contributed by atoms with Crippen molar-refractivity contribution in [1.82, 2.24) is 9.78 Å². The second kappa shape index (κ2) is 6.45. The fourth-order valence-corrected chi connectivity index (χ4v) is 2.93. The van der Waals surface area contributed by atoms with Crippen LogP contribution in [-0.2, 0) is 13.2 Å². The fourth-order valence-electron chi connectivity index (χ4n) is 2.93. The molecule has 0 unspecified atom stereocenters. The molecule has 4 rings (SSSR count). The fraction of sp³-hybridized carbons (Fsp3) is 0.150. The number of aromatic nitrogens is 2. The molecule has 5 nitrogen and oxygen atoms in total. The van der Waals surface area contributed by atoms with Crippen molar-refractivity contribution in [2.75, 3.05) is 7.11 Å². The highest BCUT2D eigenvalue weighted by molar-refractivity contribution is 5.93. The Kier molecular flexibility index (Phi) is 3.99. The molecule has 5 heteroatoms. The van der Waals surface area contributed by atoms with E-state index in [1.54, 1.807) is 13.2 Å². The summed E-state index contributed by atoms with van der Waals surface area (Å²) in [5.41, 5.74) is 2.91. The van der Waals surface area contributed by atoms with Crippen molar-refractivity contribution >= 4 is 10.9 Å². The summed E-state index contributed by atoms with van der Waals surface area (Å²) in [4.78, 5) is 0. The van der Waals surface area contributed by atoms with Gasteiger partial charge in [-0.05, 0) is 35.9 Å². The zero-order chi connectivity index (χ0) is 17.2. The Morgan fingerprint density at radius 2 is 1.92 bits per heavy atom. The van der Waals surface area contributed by atoms with Crippen molar-refractivity contribution in [3.63, 3.8) is 0 Å². The molecule has 25 heavy (non-hydrogen) atoms. The average molecular weight is 334 g/mol. The number of rotatable bonds is 5. The normalized spacial score (nSPS) is 11.1. The van der Waals surface area contributed by atoms with Gasteiger partial charge in [0.25, 0.3) is 0 Å². The van der Waals surface area contributed by atoms with Crippen LogP contribution in [0.25, 0.3) is 22.4 Å². The number of aliphatic hydroxyl groups is 1. The molecule has 0 aliphatic carbocycles. The second-order valence-corrected chi connectivity index (χ2v) is 5.80. The standard InChI is InChI=1S/C20H18N2O3/c1-24-15-7-9-18-17(11-15)20(19-10-8-16(13-23)25-19)21-22(18)12-14-5-3-2-4-6-14/h2-11,23H,12-13H2,1H3. The number of nitrogens with zero attached hydrogens (tertiary/aromatic N) is 2. The minimum Gasteiger partial charge on any atom is -0.497 e. The first kappa shape index (κ1) is 15.5. The molecule has 0 fully saturated rings. The van der Waals surface area contributed by atoms with Crippen molar-refractivity contribution in [2.45, 2.75) is 13.2 Å². The van der Waals surface area contributed by atoms with Crippen LogP contribution in [-0.4, -0.2) is 22.0 Å². The highest BCUT2D eigenvalue weighted by Crippen LogP contribution is 2.32. The average Bonchev–Trinajstić information content (AvgIpc) is 3.27. The van der Waals surface area contributed by atoms with Crippen LogP contribution in [0.3, 0.4) is 0 Å². The smallest absolute Gasteiger partial charge is 0.155 e. The highest BCUT2D eigenvalue weighted by Gasteiger charge is 2.16. The summed E-state index contributed by atoms with van der Waals surface area (Å²) >= 11 is 0. The molecule has 2 heterocycles. The lowest BCUT2D eigenvalue weighted by Crippen LogP contribution is -2.01. The molecule has 1 N–H and O–H groups in total. The van der Waals surface area contributed by atoms with Crippen LogP contribution in [0.15, 0.2) is 65.1 Å². The van der Waals surface area contributed by atoms with Gasteiger partial charge in [0.05, 0.1) is 19.2 Å². The quantitative estimate of drug-likeness (QED) is 0.602. The first-order valence-electron chi connectivity index (χ1n) is 8.07. The number of ether oxygens (including phenoxy) is 1. The zero-order valence-electron chi connectivity index (χ0n) is 13.8. The van der Waals surface area contributed by atoms with Gasteiger partial charge in [-0.1, -0.05) is 30.3 Å². The summed E-state index contributed by atoms with van der Waals surface area (Å²) in [6, 6.07) is 19.7. The highest BCUT2D eigenvalue weighted by atomic mass is 16.5. The number of benzene rings is 2. The Morgan fingerprint density at radius 1 is 1.08 bits per heavy atom. The van der Waals surface area contributed by atoms with Gasteiger partial charge in [-0.15, -0.1) is 0 Å². The summed E-state index contributed by atoms with van der Waals surface area (Å²) in [6.45, 7) is 0.531. The third-order valence-electron chi connectivity index (χ3n) is 4.18. The van der Waals surface area contributed by atoms with Gasteiger partial charge in [-0.2, -0.15) is 5.10 Å². The molecule has 0 aliphatic rings. The van der Waals surface area contributed by atoms with Crippen LogP contribution in [0.5, 0.6) is 5.75 Å². The number of furan rings is 1. The Bertz CT molecular complexity index is 1000. The predicted octanol–water partition coefficient (Wildman–Crippen LogP) is 3.85. The summed E-state index contributed by atoms with van der Waals surface area (Å²) in [7, 11) is 1.64. The first-order valence-corrected chi connectivity index (χ1v) is 8.07. The van der Waals surface area contributed by atoms with E-state index in [9.17, 15) is 5.11 Å². The number of fused-ring (bicyclic) bond motifs is 1. The number of methoxy groups -OCH3 is 1. The lowest BCUT2D eigenvalue weighted by molar-refractivity contribution is 0.248. The van der Waals surface area contributed by atoms with Gasteiger partial charge < -0.3 is 14.3 Å². The maximum absolute atomic E-state index is 9.25. The van der Waals surface area contributed by atoms with Gasteiger partial charge >= 0.3 is 0 Å². The van der Waals surface area contributed by atoms with Crippen LogP contribution in [0, 0.1) is 0 Å². The summed E-state index contributed by atoms with van der Waals surface area (Å²) in [5.74, 6) is 1.92. The van der Waals surface area contributed by atoms with E-state index in [1.807, 2.05) is 47.1 Å². The van der Waals surface area contributed by atoms with Crippen molar-refractivity contribution in [3.05, 3.63) is 72.0 Å². The molecule has 0 atom stereocenters. The molecule has 0 radical (unpaired) electrons. The van der Waals surface area contributed by atoms with Crippen molar-refractivity contribution < 1.29 is 14.3 Å². The van der Waals surface area contributed by atoms with Crippen molar-refractivity contribution in [2.24, 2.45) is 0 Å². The van der Waals surface area contributed by atoms with Gasteiger partial charge in [-0.3, -0.25) is 4.68 Å². The molecule has 0 amide bonds. The maximum Gasteiger partial charge on any atom is 0.155 e. The molecule has 0 aliphatic heterocycles. The van der Waals surface area contributed by atoms with Gasteiger partial charge in [0.2, 0.25) is 0 Å². The van der Waals surface area contributed by atoms with Crippen molar-refractivity contribution in [1.29, 1.82) is 0 Å². The maximum atomic E-state index is 9.25. The molecule has 126 valence electrons. The Morgan fingerprint density at radius 3 is 2.64 bits per heavy atom. The van der Waals surface area contributed by atoms with Crippen LogP contribution in [0.4, 0.5) is 0 Å². The molecular weight excluding hydrogens is 316 g/mol. The molecule has 4 aromatic rings. The minimum atomic E-state index is -0.133. The first-order chi connectivity index (χ1) is 12.3. The third-order valence-corrected chi connectivity index (χ3v) is 4.18. The molecular formula is C20H18N2O3. The van der Waals surface area contributed by atoms with E-state index in [1.165, 1.54) is 5.56 Å². The van der Waals surface area contributed by atoms with E-state index in [4.69, 9.17) is 14.3 Å². The molecule has 0 spiro atoms. The Labute approximate surface area is 145 Å². The molecule has 2 aromatic heterocycles. The molecule has 2 aromatic carbocycles. The molecule has 0 saturated heterocycles. The second-order valence-electron chi connectivity index (χ2n) is 5.80.